The lowest BCUT2D eigenvalue weighted by Crippen LogP contribution is -2.41. The van der Waals surface area contributed by atoms with Crippen molar-refractivity contribution < 1.29 is 14.6 Å². The molecule has 0 heterocycles. The Labute approximate surface area is 79.4 Å². The van der Waals surface area contributed by atoms with E-state index in [0.29, 0.717) is 0 Å². The molecule has 0 amide bonds. The van der Waals surface area contributed by atoms with E-state index in [0.717, 1.165) is 0 Å². The Morgan fingerprint density at radius 1 is 1.62 bits per heavy atom. The molecule has 0 aliphatic heterocycles. The van der Waals surface area contributed by atoms with Gasteiger partial charge in [0.15, 0.2) is 0 Å². The van der Waals surface area contributed by atoms with Crippen LogP contribution in [0.25, 0.3) is 0 Å². The second-order valence-electron chi connectivity index (χ2n) is 3.75. The monoisotopic (exact) mass is 186 g/mol. The van der Waals surface area contributed by atoms with Crippen LogP contribution in [0.2, 0.25) is 0 Å². The maximum Gasteiger partial charge on any atom is 0.313 e. The minimum atomic E-state index is -0.887. The lowest BCUT2D eigenvalue weighted by atomic mass is 9.80. The molecule has 0 unspecified atom stereocenters. The SMILES string of the molecule is C=C[C@@H](C)[C@H](O)C(C)(C)C(=O)OC. The number of aliphatic hydroxyl groups excluding tert-OH is 1. The Hall–Kier alpha value is -0.830. The molecule has 0 aromatic rings. The number of ether oxygens (including phenoxy) is 1. The molecule has 0 aliphatic carbocycles. The highest BCUT2D eigenvalue weighted by Gasteiger charge is 2.38. The molecule has 2 atom stereocenters. The first-order valence-corrected chi connectivity index (χ1v) is 4.27. The molecule has 0 rings (SSSR count). The maximum absolute atomic E-state index is 11.3. The van der Waals surface area contributed by atoms with Gasteiger partial charge in [-0.2, -0.15) is 0 Å². The molecule has 0 aliphatic rings. The van der Waals surface area contributed by atoms with Crippen LogP contribution in [0.4, 0.5) is 0 Å². The second-order valence-corrected chi connectivity index (χ2v) is 3.75. The summed E-state index contributed by atoms with van der Waals surface area (Å²) >= 11 is 0. The summed E-state index contributed by atoms with van der Waals surface area (Å²) in [6.07, 6.45) is 0.854. The van der Waals surface area contributed by atoms with E-state index in [1.165, 1.54) is 7.11 Å². The zero-order valence-corrected chi connectivity index (χ0v) is 8.70. The van der Waals surface area contributed by atoms with Gasteiger partial charge in [0.2, 0.25) is 0 Å². The summed E-state index contributed by atoms with van der Waals surface area (Å²) in [6, 6.07) is 0. The predicted octanol–water partition coefficient (Wildman–Crippen LogP) is 1.37. The molecule has 0 aromatic carbocycles. The van der Waals surface area contributed by atoms with E-state index >= 15 is 0 Å². The molecule has 13 heavy (non-hydrogen) atoms. The highest BCUT2D eigenvalue weighted by Crippen LogP contribution is 2.27. The Bertz CT molecular complexity index is 196. The number of esters is 1. The van der Waals surface area contributed by atoms with Crippen molar-refractivity contribution in [2.45, 2.75) is 26.9 Å². The van der Waals surface area contributed by atoms with Crippen molar-refractivity contribution in [2.24, 2.45) is 11.3 Å². The van der Waals surface area contributed by atoms with Crippen LogP contribution in [0.15, 0.2) is 12.7 Å². The molecule has 0 aromatic heterocycles. The van der Waals surface area contributed by atoms with Crippen molar-refractivity contribution in [3.05, 3.63) is 12.7 Å². The average molecular weight is 186 g/mol. The molecule has 0 radical (unpaired) electrons. The fourth-order valence-corrected chi connectivity index (χ4v) is 1.17. The average Bonchev–Trinajstić information content (AvgIpc) is 2.13. The van der Waals surface area contributed by atoms with Crippen LogP contribution in [0.5, 0.6) is 0 Å². The Kier molecular flexibility index (Phi) is 4.14. The molecule has 76 valence electrons. The third-order valence-corrected chi connectivity index (χ3v) is 2.32. The highest BCUT2D eigenvalue weighted by molar-refractivity contribution is 5.76. The Morgan fingerprint density at radius 3 is 2.38 bits per heavy atom. The van der Waals surface area contributed by atoms with E-state index in [-0.39, 0.29) is 5.92 Å². The van der Waals surface area contributed by atoms with E-state index in [9.17, 15) is 9.90 Å². The van der Waals surface area contributed by atoms with E-state index < -0.39 is 17.5 Å². The topological polar surface area (TPSA) is 46.5 Å². The Morgan fingerprint density at radius 2 is 2.08 bits per heavy atom. The first-order valence-electron chi connectivity index (χ1n) is 4.27. The largest absolute Gasteiger partial charge is 0.469 e. The fraction of sp³-hybridized carbons (Fsp3) is 0.700. The highest BCUT2D eigenvalue weighted by atomic mass is 16.5. The molecule has 0 fully saturated rings. The summed E-state index contributed by atoms with van der Waals surface area (Å²) in [6.45, 7) is 8.69. The zero-order chi connectivity index (χ0) is 10.6. The number of hydrogen-bond donors (Lipinski definition) is 1. The van der Waals surface area contributed by atoms with Gasteiger partial charge in [-0.15, -0.1) is 6.58 Å². The van der Waals surface area contributed by atoms with Crippen LogP contribution in [0, 0.1) is 11.3 Å². The van der Waals surface area contributed by atoms with Gasteiger partial charge < -0.3 is 9.84 Å². The van der Waals surface area contributed by atoms with Crippen molar-refractivity contribution in [1.82, 2.24) is 0 Å². The first-order chi connectivity index (χ1) is 5.87. The summed E-state index contributed by atoms with van der Waals surface area (Å²) in [7, 11) is 1.31. The molecule has 0 saturated carbocycles. The number of carbonyl (C=O) groups is 1. The number of rotatable bonds is 4. The van der Waals surface area contributed by atoms with Crippen LogP contribution in [-0.2, 0) is 9.53 Å². The number of aliphatic hydroxyl groups is 1. The predicted molar refractivity (Wildman–Crippen MR) is 51.2 cm³/mol. The quantitative estimate of drug-likeness (QED) is 0.533. The zero-order valence-electron chi connectivity index (χ0n) is 8.70. The van der Waals surface area contributed by atoms with Gasteiger partial charge in [0.05, 0.1) is 18.6 Å². The van der Waals surface area contributed by atoms with Gasteiger partial charge in [-0.1, -0.05) is 13.0 Å². The molecular formula is C10H18O3. The van der Waals surface area contributed by atoms with Crippen molar-refractivity contribution in [3.63, 3.8) is 0 Å². The second kappa shape index (κ2) is 4.42. The van der Waals surface area contributed by atoms with Gasteiger partial charge in [0.1, 0.15) is 0 Å². The summed E-state index contributed by atoms with van der Waals surface area (Å²) < 4.78 is 4.60. The lowest BCUT2D eigenvalue weighted by molar-refractivity contribution is -0.158. The van der Waals surface area contributed by atoms with Gasteiger partial charge in [0.25, 0.3) is 0 Å². The molecular weight excluding hydrogens is 168 g/mol. The van der Waals surface area contributed by atoms with Crippen molar-refractivity contribution in [1.29, 1.82) is 0 Å². The first kappa shape index (κ1) is 12.2. The van der Waals surface area contributed by atoms with Gasteiger partial charge >= 0.3 is 5.97 Å². The summed E-state index contributed by atoms with van der Waals surface area (Å²) in [4.78, 5) is 11.3. The summed E-state index contributed by atoms with van der Waals surface area (Å²) in [5.41, 5.74) is -0.887. The van der Waals surface area contributed by atoms with Crippen LogP contribution in [-0.4, -0.2) is 24.3 Å². The fourth-order valence-electron chi connectivity index (χ4n) is 1.17. The molecule has 0 bridgehead atoms. The van der Waals surface area contributed by atoms with E-state index in [1.54, 1.807) is 19.9 Å². The van der Waals surface area contributed by atoms with E-state index in [4.69, 9.17) is 0 Å². The summed E-state index contributed by atoms with van der Waals surface area (Å²) in [5.74, 6) is -0.539. The molecule has 0 spiro atoms. The normalized spacial score (nSPS) is 16.1. The van der Waals surface area contributed by atoms with Gasteiger partial charge in [-0.05, 0) is 13.8 Å². The third-order valence-electron chi connectivity index (χ3n) is 2.32. The maximum atomic E-state index is 11.3. The van der Waals surface area contributed by atoms with Crippen LogP contribution < -0.4 is 0 Å². The van der Waals surface area contributed by atoms with Crippen molar-refractivity contribution in [2.75, 3.05) is 7.11 Å². The van der Waals surface area contributed by atoms with Gasteiger partial charge in [-0.3, -0.25) is 4.79 Å². The molecule has 0 saturated heterocycles. The lowest BCUT2D eigenvalue weighted by Gasteiger charge is -2.30. The van der Waals surface area contributed by atoms with Crippen LogP contribution in [0.1, 0.15) is 20.8 Å². The van der Waals surface area contributed by atoms with Crippen molar-refractivity contribution in [3.8, 4) is 0 Å². The molecule has 1 N–H and O–H groups in total. The number of methoxy groups -OCH3 is 1. The molecule has 3 nitrogen and oxygen atoms in total. The Balaban J connectivity index is 4.61. The number of hydrogen-bond acceptors (Lipinski definition) is 3. The minimum absolute atomic E-state index is 0.130. The van der Waals surface area contributed by atoms with Gasteiger partial charge in [-0.25, -0.2) is 0 Å². The summed E-state index contributed by atoms with van der Waals surface area (Å²) in [5, 5.41) is 9.77. The minimum Gasteiger partial charge on any atom is -0.469 e. The van der Waals surface area contributed by atoms with E-state index in [2.05, 4.69) is 11.3 Å². The number of carbonyl (C=O) groups excluding carboxylic acids is 1. The standard InChI is InChI=1S/C10H18O3/c1-6-7(2)8(11)10(3,4)9(12)13-5/h6-8,11H,1H2,2-5H3/t7-,8+/m1/s1. The van der Waals surface area contributed by atoms with Gasteiger partial charge in [0, 0.05) is 5.92 Å². The molecule has 3 heteroatoms. The van der Waals surface area contributed by atoms with Crippen molar-refractivity contribution >= 4 is 5.97 Å². The van der Waals surface area contributed by atoms with Crippen LogP contribution >= 0.6 is 0 Å². The van der Waals surface area contributed by atoms with Crippen LogP contribution in [0.3, 0.4) is 0 Å². The smallest absolute Gasteiger partial charge is 0.313 e. The van der Waals surface area contributed by atoms with E-state index in [1.807, 2.05) is 6.92 Å². The third kappa shape index (κ3) is 2.56.